The van der Waals surface area contributed by atoms with E-state index in [4.69, 9.17) is 0 Å². The minimum atomic E-state index is -0.184. The Hall–Kier alpha value is -0.870. The summed E-state index contributed by atoms with van der Waals surface area (Å²) in [6, 6.07) is 13.4. The van der Waals surface area contributed by atoms with Crippen LogP contribution in [0, 0.1) is 5.82 Å². The number of benzene rings is 2. The number of halogens is 3. The van der Waals surface area contributed by atoms with Gasteiger partial charge in [0.05, 0.1) is 5.69 Å². The van der Waals surface area contributed by atoms with Gasteiger partial charge >= 0.3 is 0 Å². The van der Waals surface area contributed by atoms with Crippen LogP contribution < -0.4 is 4.90 Å². The van der Waals surface area contributed by atoms with Crippen molar-refractivity contribution in [3.05, 3.63) is 63.9 Å². The summed E-state index contributed by atoms with van der Waals surface area (Å²) < 4.78 is 15.0. The van der Waals surface area contributed by atoms with Crippen molar-refractivity contribution in [1.82, 2.24) is 0 Å². The van der Waals surface area contributed by atoms with Gasteiger partial charge in [0.2, 0.25) is 0 Å². The average molecular weight is 387 g/mol. The Morgan fingerprint density at radius 3 is 2.26 bits per heavy atom. The lowest BCUT2D eigenvalue weighted by Gasteiger charge is -2.20. The second-order valence-electron chi connectivity index (χ2n) is 4.40. The molecule has 0 N–H and O–H groups in total. The summed E-state index contributed by atoms with van der Waals surface area (Å²) in [6.07, 6.45) is 0. The maximum absolute atomic E-state index is 14.0. The van der Waals surface area contributed by atoms with Gasteiger partial charge in [-0.25, -0.2) is 4.39 Å². The van der Waals surface area contributed by atoms with Gasteiger partial charge in [0.1, 0.15) is 5.82 Å². The molecule has 0 bridgehead atoms. The van der Waals surface area contributed by atoms with E-state index in [1.165, 1.54) is 0 Å². The van der Waals surface area contributed by atoms with Crippen molar-refractivity contribution >= 4 is 37.5 Å². The third-order valence-electron chi connectivity index (χ3n) is 2.91. The van der Waals surface area contributed by atoms with Crippen LogP contribution in [0.2, 0.25) is 0 Å². The molecule has 0 spiro atoms. The molecule has 0 fully saturated rings. The number of rotatable bonds is 4. The topological polar surface area (TPSA) is 3.24 Å². The lowest BCUT2D eigenvalue weighted by atomic mass is 10.1. The smallest absolute Gasteiger partial charge is 0.146 e. The lowest BCUT2D eigenvalue weighted by Crippen LogP contribution is -2.17. The predicted molar refractivity (Wildman–Crippen MR) is 85.3 cm³/mol. The second-order valence-corrected chi connectivity index (χ2v) is 5.88. The summed E-state index contributed by atoms with van der Waals surface area (Å²) in [6.45, 7) is 0.678. The molecule has 0 unspecified atom stereocenters. The molecule has 0 aromatic heterocycles. The van der Waals surface area contributed by atoms with E-state index in [0.29, 0.717) is 17.6 Å². The molecule has 2 rings (SSSR count). The fraction of sp³-hybridized carbons (Fsp3) is 0.200. The fourth-order valence-electron chi connectivity index (χ4n) is 1.89. The summed E-state index contributed by atoms with van der Waals surface area (Å²) in [5.41, 5.74) is 2.71. The first kappa shape index (κ1) is 14.5. The second kappa shape index (κ2) is 6.53. The number of anilines is 1. The molecule has 0 aliphatic heterocycles. The van der Waals surface area contributed by atoms with Crippen LogP contribution in [0.4, 0.5) is 10.1 Å². The predicted octanol–water partition coefficient (Wildman–Crippen LogP) is 5.12. The molecule has 0 aliphatic rings. The Morgan fingerprint density at radius 1 is 1.05 bits per heavy atom. The van der Waals surface area contributed by atoms with Gasteiger partial charge in [-0.15, -0.1) is 0 Å². The Morgan fingerprint density at radius 2 is 1.68 bits per heavy atom. The van der Waals surface area contributed by atoms with Gasteiger partial charge in [-0.1, -0.05) is 50.1 Å². The minimum absolute atomic E-state index is 0.184. The maximum atomic E-state index is 14.0. The maximum Gasteiger partial charge on any atom is 0.146 e. The SMILES string of the molecule is CN(Cc1ccc(Br)cc1)c1ccc(CBr)cc1F. The van der Waals surface area contributed by atoms with Gasteiger partial charge in [0.15, 0.2) is 0 Å². The number of hydrogen-bond donors (Lipinski definition) is 0. The molecule has 100 valence electrons. The summed E-state index contributed by atoms with van der Waals surface area (Å²) in [4.78, 5) is 1.91. The van der Waals surface area contributed by atoms with Gasteiger partial charge in [0.25, 0.3) is 0 Å². The Bertz CT molecular complexity index is 555. The quantitative estimate of drug-likeness (QED) is 0.659. The molecular weight excluding hydrogens is 373 g/mol. The minimum Gasteiger partial charge on any atom is -0.368 e. The molecule has 0 atom stereocenters. The monoisotopic (exact) mass is 385 g/mol. The molecule has 0 saturated carbocycles. The highest BCUT2D eigenvalue weighted by Gasteiger charge is 2.08. The fourth-order valence-corrected chi connectivity index (χ4v) is 2.51. The molecule has 4 heteroatoms. The van der Waals surface area contributed by atoms with Crippen LogP contribution in [-0.4, -0.2) is 7.05 Å². The third-order valence-corrected chi connectivity index (χ3v) is 4.09. The zero-order chi connectivity index (χ0) is 13.8. The first-order chi connectivity index (χ1) is 9.10. The van der Waals surface area contributed by atoms with Crippen LogP contribution in [0.15, 0.2) is 46.9 Å². The van der Waals surface area contributed by atoms with Crippen LogP contribution in [0.5, 0.6) is 0 Å². The van der Waals surface area contributed by atoms with Gasteiger partial charge in [-0.3, -0.25) is 0 Å². The molecule has 2 aromatic rings. The van der Waals surface area contributed by atoms with Gasteiger partial charge in [-0.2, -0.15) is 0 Å². The Labute approximate surface area is 129 Å². The van der Waals surface area contributed by atoms with E-state index in [-0.39, 0.29) is 5.82 Å². The lowest BCUT2D eigenvalue weighted by molar-refractivity contribution is 0.621. The molecule has 0 aliphatic carbocycles. The van der Waals surface area contributed by atoms with E-state index in [2.05, 4.69) is 31.9 Å². The van der Waals surface area contributed by atoms with Gasteiger partial charge in [0, 0.05) is 23.4 Å². The van der Waals surface area contributed by atoms with Gasteiger partial charge in [-0.05, 0) is 35.4 Å². The van der Waals surface area contributed by atoms with Crippen molar-refractivity contribution in [3.8, 4) is 0 Å². The average Bonchev–Trinajstić information content (AvgIpc) is 2.41. The van der Waals surface area contributed by atoms with Crippen molar-refractivity contribution in [2.45, 2.75) is 11.9 Å². The highest BCUT2D eigenvalue weighted by atomic mass is 79.9. The summed E-state index contributed by atoms with van der Waals surface area (Å²) >= 11 is 6.74. The Balaban J connectivity index is 2.15. The highest BCUT2D eigenvalue weighted by molar-refractivity contribution is 9.10. The van der Waals surface area contributed by atoms with E-state index in [1.807, 2.05) is 48.3 Å². The molecule has 2 aromatic carbocycles. The molecule has 1 nitrogen and oxygen atoms in total. The van der Waals surface area contributed by atoms with E-state index in [1.54, 1.807) is 6.07 Å². The molecule has 0 amide bonds. The summed E-state index contributed by atoms with van der Waals surface area (Å²) in [5.74, 6) is -0.184. The van der Waals surface area contributed by atoms with Crippen LogP contribution in [-0.2, 0) is 11.9 Å². The Kier molecular flexibility index (Phi) is 4.99. The summed E-state index contributed by atoms with van der Waals surface area (Å²) in [5, 5.41) is 0.667. The largest absolute Gasteiger partial charge is 0.368 e. The van der Waals surface area contributed by atoms with E-state index in [9.17, 15) is 4.39 Å². The van der Waals surface area contributed by atoms with E-state index >= 15 is 0 Å². The highest BCUT2D eigenvalue weighted by Crippen LogP contribution is 2.22. The number of nitrogens with zero attached hydrogens (tertiary/aromatic N) is 1. The van der Waals surface area contributed by atoms with E-state index in [0.717, 1.165) is 15.6 Å². The van der Waals surface area contributed by atoms with Crippen LogP contribution in [0.25, 0.3) is 0 Å². The van der Waals surface area contributed by atoms with Crippen molar-refractivity contribution in [2.75, 3.05) is 11.9 Å². The van der Waals surface area contributed by atoms with E-state index < -0.39 is 0 Å². The molecule has 0 radical (unpaired) electrons. The number of hydrogen-bond acceptors (Lipinski definition) is 1. The standard InChI is InChI=1S/C15H14Br2FN/c1-19(10-11-2-5-13(17)6-3-11)15-7-4-12(9-16)8-14(15)18/h2-8H,9-10H2,1H3. The third kappa shape index (κ3) is 3.80. The van der Waals surface area contributed by atoms with Crippen LogP contribution in [0.3, 0.4) is 0 Å². The first-order valence-corrected chi connectivity index (χ1v) is 7.81. The molecule has 0 heterocycles. The normalized spacial score (nSPS) is 10.5. The first-order valence-electron chi connectivity index (χ1n) is 5.90. The van der Waals surface area contributed by atoms with Gasteiger partial charge < -0.3 is 4.90 Å². The zero-order valence-electron chi connectivity index (χ0n) is 10.5. The molecule has 0 saturated heterocycles. The molecule has 19 heavy (non-hydrogen) atoms. The molecular formula is C15H14Br2FN. The number of alkyl halides is 1. The van der Waals surface area contributed by atoms with Crippen molar-refractivity contribution in [1.29, 1.82) is 0 Å². The van der Waals surface area contributed by atoms with Crippen molar-refractivity contribution in [3.63, 3.8) is 0 Å². The van der Waals surface area contributed by atoms with Crippen LogP contribution in [0.1, 0.15) is 11.1 Å². The van der Waals surface area contributed by atoms with Crippen LogP contribution >= 0.6 is 31.9 Å². The zero-order valence-corrected chi connectivity index (χ0v) is 13.7. The summed E-state index contributed by atoms with van der Waals surface area (Å²) in [7, 11) is 1.90. The van der Waals surface area contributed by atoms with Crippen molar-refractivity contribution < 1.29 is 4.39 Å². The van der Waals surface area contributed by atoms with Crippen molar-refractivity contribution in [2.24, 2.45) is 0 Å².